The molecule has 1 heterocycles. The van der Waals surface area contributed by atoms with Gasteiger partial charge in [0.1, 0.15) is 0 Å². The van der Waals surface area contributed by atoms with Crippen LogP contribution in [0.15, 0.2) is 24.3 Å². The number of likely N-dealkylation sites (N-methyl/N-ethyl adjacent to an activating group) is 1. The molecule has 2 rings (SSSR count). The summed E-state index contributed by atoms with van der Waals surface area (Å²) in [5, 5.41) is 5.61. The molecule has 0 atom stereocenters. The molecule has 0 saturated carbocycles. The summed E-state index contributed by atoms with van der Waals surface area (Å²) >= 11 is 0. The van der Waals surface area contributed by atoms with Crippen LogP contribution in [0.4, 0.5) is 0 Å². The van der Waals surface area contributed by atoms with Crippen LogP contribution < -0.4 is 0 Å². The second kappa shape index (κ2) is 5.18. The molecule has 96 valence electrons. The molecular formula is C13H17N3O2. The summed E-state index contributed by atoms with van der Waals surface area (Å²) in [6.45, 7) is 0.887. The van der Waals surface area contributed by atoms with Crippen molar-refractivity contribution in [3.05, 3.63) is 30.0 Å². The second-order valence-corrected chi connectivity index (χ2v) is 4.34. The number of nitrogens with zero attached hydrogens (tertiary/aromatic N) is 3. The number of carbonyl (C=O) groups is 1. The van der Waals surface area contributed by atoms with E-state index in [2.05, 4.69) is 9.84 Å². The van der Waals surface area contributed by atoms with Gasteiger partial charge in [-0.1, -0.05) is 18.2 Å². The third-order valence-electron chi connectivity index (χ3n) is 2.88. The number of methoxy groups -OCH3 is 1. The molecule has 0 bridgehead atoms. The number of benzene rings is 1. The molecule has 0 spiro atoms. The molecule has 0 aliphatic rings. The van der Waals surface area contributed by atoms with Crippen LogP contribution in [-0.4, -0.2) is 41.4 Å². The van der Waals surface area contributed by atoms with Crippen molar-refractivity contribution < 1.29 is 9.53 Å². The van der Waals surface area contributed by atoms with Crippen LogP contribution in [0, 0.1) is 0 Å². The lowest BCUT2D eigenvalue weighted by molar-refractivity contribution is -0.141. The first kappa shape index (κ1) is 12.6. The van der Waals surface area contributed by atoms with Crippen molar-refractivity contribution in [3.63, 3.8) is 0 Å². The molecule has 2 aromatic rings. The number of ether oxygens (including phenoxy) is 1. The van der Waals surface area contributed by atoms with E-state index in [1.165, 1.54) is 7.11 Å². The van der Waals surface area contributed by atoms with Gasteiger partial charge in [-0.2, -0.15) is 5.10 Å². The molecule has 5 nitrogen and oxygen atoms in total. The highest BCUT2D eigenvalue weighted by molar-refractivity contribution is 5.81. The quantitative estimate of drug-likeness (QED) is 0.761. The van der Waals surface area contributed by atoms with Crippen LogP contribution in [0.2, 0.25) is 0 Å². The molecule has 0 unspecified atom stereocenters. The van der Waals surface area contributed by atoms with Crippen molar-refractivity contribution >= 4 is 16.9 Å². The van der Waals surface area contributed by atoms with Gasteiger partial charge in [0.05, 0.1) is 24.9 Å². The molecule has 5 heteroatoms. The van der Waals surface area contributed by atoms with Crippen molar-refractivity contribution in [3.8, 4) is 0 Å². The van der Waals surface area contributed by atoms with Gasteiger partial charge in [-0.05, 0) is 13.1 Å². The van der Waals surface area contributed by atoms with E-state index < -0.39 is 0 Å². The Morgan fingerprint density at radius 1 is 1.44 bits per heavy atom. The monoisotopic (exact) mass is 247 g/mol. The number of para-hydroxylation sites is 1. The highest BCUT2D eigenvalue weighted by Crippen LogP contribution is 2.18. The first-order valence-corrected chi connectivity index (χ1v) is 5.78. The van der Waals surface area contributed by atoms with E-state index in [4.69, 9.17) is 0 Å². The zero-order valence-electron chi connectivity index (χ0n) is 10.9. The van der Waals surface area contributed by atoms with E-state index in [1.807, 2.05) is 47.9 Å². The molecule has 0 aliphatic carbocycles. The van der Waals surface area contributed by atoms with Crippen LogP contribution in [0.5, 0.6) is 0 Å². The molecule has 18 heavy (non-hydrogen) atoms. The zero-order chi connectivity index (χ0) is 13.1. The maximum absolute atomic E-state index is 11.2. The maximum atomic E-state index is 11.2. The number of esters is 1. The van der Waals surface area contributed by atoms with Crippen molar-refractivity contribution in [1.82, 2.24) is 14.7 Å². The summed E-state index contributed by atoms with van der Waals surface area (Å²) in [7, 11) is 5.19. The van der Waals surface area contributed by atoms with Crippen LogP contribution in [0.1, 0.15) is 5.69 Å². The van der Waals surface area contributed by atoms with Gasteiger partial charge in [0, 0.05) is 19.0 Å². The third kappa shape index (κ3) is 2.51. The van der Waals surface area contributed by atoms with E-state index >= 15 is 0 Å². The lowest BCUT2D eigenvalue weighted by Gasteiger charge is -2.13. The van der Waals surface area contributed by atoms with Gasteiger partial charge in [-0.25, -0.2) is 0 Å². The molecule has 0 N–H and O–H groups in total. The molecule has 1 aromatic heterocycles. The third-order valence-corrected chi connectivity index (χ3v) is 2.88. The van der Waals surface area contributed by atoms with Crippen molar-refractivity contribution in [2.45, 2.75) is 6.54 Å². The standard InChI is InChI=1S/C13H17N3O2/c1-15(9-13(17)18-3)8-11-10-6-4-5-7-12(10)16(2)14-11/h4-7H,8-9H2,1-3H3. The summed E-state index contributed by atoms with van der Waals surface area (Å²) < 4.78 is 6.50. The Balaban J connectivity index is 2.19. The predicted octanol–water partition coefficient (Wildman–Crippen LogP) is 1.18. The Morgan fingerprint density at radius 2 is 2.17 bits per heavy atom. The van der Waals surface area contributed by atoms with Gasteiger partial charge in [0.25, 0.3) is 0 Å². The minimum Gasteiger partial charge on any atom is -0.468 e. The number of hydrogen-bond donors (Lipinski definition) is 0. The van der Waals surface area contributed by atoms with Crippen LogP contribution in [-0.2, 0) is 23.1 Å². The summed E-state index contributed by atoms with van der Waals surface area (Å²) in [5.41, 5.74) is 2.07. The van der Waals surface area contributed by atoms with Crippen molar-refractivity contribution in [2.24, 2.45) is 7.05 Å². The Kier molecular flexibility index (Phi) is 3.62. The van der Waals surface area contributed by atoms with Crippen LogP contribution in [0.25, 0.3) is 10.9 Å². The molecule has 1 aromatic carbocycles. The fourth-order valence-corrected chi connectivity index (χ4v) is 2.00. The lowest BCUT2D eigenvalue weighted by Crippen LogP contribution is -2.26. The van der Waals surface area contributed by atoms with E-state index in [9.17, 15) is 4.79 Å². The fourth-order valence-electron chi connectivity index (χ4n) is 2.00. The number of aryl methyl sites for hydroxylation is 1. The number of aromatic nitrogens is 2. The summed E-state index contributed by atoms with van der Waals surface area (Å²) in [5.74, 6) is -0.238. The first-order chi connectivity index (χ1) is 8.61. The lowest BCUT2D eigenvalue weighted by atomic mass is 10.2. The molecular weight excluding hydrogens is 230 g/mol. The Bertz CT molecular complexity index is 562. The number of carbonyl (C=O) groups excluding carboxylic acids is 1. The average Bonchev–Trinajstić information content (AvgIpc) is 2.67. The van der Waals surface area contributed by atoms with Crippen LogP contribution in [0.3, 0.4) is 0 Å². The first-order valence-electron chi connectivity index (χ1n) is 5.78. The number of hydrogen-bond acceptors (Lipinski definition) is 4. The molecule has 0 aliphatic heterocycles. The number of fused-ring (bicyclic) bond motifs is 1. The largest absolute Gasteiger partial charge is 0.468 e. The molecule has 0 fully saturated rings. The van der Waals surface area contributed by atoms with Gasteiger partial charge >= 0.3 is 5.97 Å². The normalized spacial score (nSPS) is 11.1. The van der Waals surface area contributed by atoms with Gasteiger partial charge in [-0.15, -0.1) is 0 Å². The summed E-state index contributed by atoms with van der Waals surface area (Å²) in [4.78, 5) is 13.1. The SMILES string of the molecule is COC(=O)CN(C)Cc1nn(C)c2ccccc12. The van der Waals surface area contributed by atoms with E-state index in [0.717, 1.165) is 16.6 Å². The highest BCUT2D eigenvalue weighted by atomic mass is 16.5. The van der Waals surface area contributed by atoms with Crippen LogP contribution >= 0.6 is 0 Å². The minimum atomic E-state index is -0.238. The van der Waals surface area contributed by atoms with Gasteiger partial charge in [0.15, 0.2) is 0 Å². The Morgan fingerprint density at radius 3 is 2.89 bits per heavy atom. The Labute approximate surface area is 106 Å². The zero-order valence-corrected chi connectivity index (χ0v) is 10.9. The maximum Gasteiger partial charge on any atom is 0.319 e. The van der Waals surface area contributed by atoms with Crippen molar-refractivity contribution in [1.29, 1.82) is 0 Å². The minimum absolute atomic E-state index is 0.238. The van der Waals surface area contributed by atoms with Crippen molar-refractivity contribution in [2.75, 3.05) is 20.7 Å². The summed E-state index contributed by atoms with van der Waals surface area (Å²) in [6.07, 6.45) is 0. The molecule has 0 radical (unpaired) electrons. The van der Waals surface area contributed by atoms with E-state index in [-0.39, 0.29) is 12.5 Å². The molecule has 0 saturated heterocycles. The summed E-state index contributed by atoms with van der Waals surface area (Å²) in [6, 6.07) is 8.07. The average molecular weight is 247 g/mol. The van der Waals surface area contributed by atoms with E-state index in [0.29, 0.717) is 6.54 Å². The Hall–Kier alpha value is -1.88. The topological polar surface area (TPSA) is 47.4 Å². The smallest absolute Gasteiger partial charge is 0.319 e. The fraction of sp³-hybridized carbons (Fsp3) is 0.385. The van der Waals surface area contributed by atoms with Gasteiger partial charge in [0.2, 0.25) is 0 Å². The van der Waals surface area contributed by atoms with Gasteiger partial charge in [-0.3, -0.25) is 14.4 Å². The molecule has 0 amide bonds. The second-order valence-electron chi connectivity index (χ2n) is 4.34. The van der Waals surface area contributed by atoms with E-state index in [1.54, 1.807) is 0 Å². The highest BCUT2D eigenvalue weighted by Gasteiger charge is 2.12. The predicted molar refractivity (Wildman–Crippen MR) is 69.1 cm³/mol. The number of rotatable bonds is 4. The van der Waals surface area contributed by atoms with Gasteiger partial charge < -0.3 is 4.74 Å².